The molecule has 2 aromatic carbocycles. The van der Waals surface area contributed by atoms with Crippen LogP contribution >= 0.6 is 11.6 Å². The van der Waals surface area contributed by atoms with Crippen molar-refractivity contribution in [1.82, 2.24) is 0 Å². The van der Waals surface area contributed by atoms with Crippen LogP contribution in [0, 0.1) is 21.7 Å². The van der Waals surface area contributed by atoms with Crippen molar-refractivity contribution in [3.63, 3.8) is 0 Å². The molecule has 0 unspecified atom stereocenters. The summed E-state index contributed by atoms with van der Waals surface area (Å²) in [7, 11) is 0. The average molecular weight is 315 g/mol. The number of nitrogens with zero attached hydrogens (tertiary/aromatic N) is 1. The molecule has 21 heavy (non-hydrogen) atoms. The Hall–Kier alpha value is -2.25. The minimum absolute atomic E-state index is 0.0118. The van der Waals surface area contributed by atoms with E-state index in [0.29, 0.717) is 0 Å². The largest absolute Gasteiger partial charge is 0.449 e. The predicted octanol–water partition coefficient (Wildman–Crippen LogP) is 3.78. The first-order chi connectivity index (χ1) is 9.92. The second kappa shape index (κ2) is 6.02. The summed E-state index contributed by atoms with van der Waals surface area (Å²) < 4.78 is 32.6. The fourth-order valence-electron chi connectivity index (χ4n) is 1.62. The van der Waals surface area contributed by atoms with E-state index in [4.69, 9.17) is 22.1 Å². The molecule has 0 aromatic heterocycles. The predicted molar refractivity (Wildman–Crippen MR) is 72.4 cm³/mol. The first-order valence-electron chi connectivity index (χ1n) is 5.72. The third-order valence-corrected chi connectivity index (χ3v) is 2.94. The van der Waals surface area contributed by atoms with Crippen LogP contribution in [0.4, 0.5) is 14.5 Å². The molecule has 0 amide bonds. The maximum absolute atomic E-state index is 13.8. The molecule has 0 spiro atoms. The van der Waals surface area contributed by atoms with Gasteiger partial charge in [0.25, 0.3) is 5.69 Å². The van der Waals surface area contributed by atoms with Gasteiger partial charge in [-0.3, -0.25) is 10.1 Å². The minimum Gasteiger partial charge on any atom is -0.449 e. The van der Waals surface area contributed by atoms with Crippen LogP contribution in [0.2, 0.25) is 5.02 Å². The second-order valence-corrected chi connectivity index (χ2v) is 4.47. The topological polar surface area (TPSA) is 78.4 Å². The van der Waals surface area contributed by atoms with Gasteiger partial charge in [-0.15, -0.1) is 0 Å². The van der Waals surface area contributed by atoms with Crippen LogP contribution in [-0.2, 0) is 6.54 Å². The van der Waals surface area contributed by atoms with E-state index in [2.05, 4.69) is 0 Å². The Kier molecular flexibility index (Phi) is 4.35. The van der Waals surface area contributed by atoms with Gasteiger partial charge in [0.1, 0.15) is 0 Å². The molecule has 0 fully saturated rings. The highest BCUT2D eigenvalue weighted by molar-refractivity contribution is 6.32. The van der Waals surface area contributed by atoms with Gasteiger partial charge in [-0.2, -0.15) is 0 Å². The Bertz CT molecular complexity index is 687. The summed E-state index contributed by atoms with van der Waals surface area (Å²) in [5.41, 5.74) is 5.24. The third-order valence-electron chi connectivity index (χ3n) is 2.63. The number of nitro benzene ring substituents is 1. The number of hydrogen-bond donors (Lipinski definition) is 1. The molecule has 0 saturated carbocycles. The molecule has 0 radical (unpaired) electrons. The molecule has 0 saturated heterocycles. The van der Waals surface area contributed by atoms with E-state index in [0.717, 1.165) is 24.3 Å². The van der Waals surface area contributed by atoms with Crippen molar-refractivity contribution >= 4 is 17.3 Å². The molecule has 0 aliphatic heterocycles. The fourth-order valence-corrected chi connectivity index (χ4v) is 1.78. The zero-order chi connectivity index (χ0) is 15.6. The van der Waals surface area contributed by atoms with Gasteiger partial charge in [0.15, 0.2) is 23.1 Å². The normalized spacial score (nSPS) is 10.5. The van der Waals surface area contributed by atoms with Crippen molar-refractivity contribution in [3.8, 4) is 11.5 Å². The molecule has 8 heteroatoms. The SMILES string of the molecule is NCc1cc(F)c(Oc2cc([N+](=O)[O-])ccc2Cl)c(F)c1. The van der Waals surface area contributed by atoms with Crippen molar-refractivity contribution < 1.29 is 18.4 Å². The Morgan fingerprint density at radius 3 is 2.38 bits per heavy atom. The van der Waals surface area contributed by atoms with Crippen LogP contribution in [0.3, 0.4) is 0 Å². The number of rotatable bonds is 4. The summed E-state index contributed by atoms with van der Waals surface area (Å²) in [6, 6.07) is 5.38. The van der Waals surface area contributed by atoms with Crippen molar-refractivity contribution in [3.05, 3.63) is 62.7 Å². The van der Waals surface area contributed by atoms with Gasteiger partial charge < -0.3 is 10.5 Å². The van der Waals surface area contributed by atoms with Gasteiger partial charge in [-0.25, -0.2) is 8.78 Å². The quantitative estimate of drug-likeness (QED) is 0.688. The molecular formula is C13H9ClF2N2O3. The molecule has 0 bridgehead atoms. The lowest BCUT2D eigenvalue weighted by Gasteiger charge is -2.10. The smallest absolute Gasteiger partial charge is 0.273 e. The number of halogens is 3. The molecule has 2 rings (SSSR count). The third kappa shape index (κ3) is 3.26. The van der Waals surface area contributed by atoms with E-state index < -0.39 is 22.3 Å². The van der Waals surface area contributed by atoms with Crippen LogP contribution < -0.4 is 10.5 Å². The highest BCUT2D eigenvalue weighted by Gasteiger charge is 2.17. The van der Waals surface area contributed by atoms with Crippen LogP contribution in [0.5, 0.6) is 11.5 Å². The molecule has 2 aromatic rings. The van der Waals surface area contributed by atoms with Gasteiger partial charge in [0.2, 0.25) is 0 Å². The number of hydrogen-bond acceptors (Lipinski definition) is 4. The summed E-state index contributed by atoms with van der Waals surface area (Å²) in [6.07, 6.45) is 0. The van der Waals surface area contributed by atoms with E-state index in [-0.39, 0.29) is 28.6 Å². The molecule has 0 aliphatic carbocycles. The van der Waals surface area contributed by atoms with Crippen molar-refractivity contribution in [1.29, 1.82) is 0 Å². The van der Waals surface area contributed by atoms with Crippen LogP contribution in [0.1, 0.15) is 5.56 Å². The first-order valence-corrected chi connectivity index (χ1v) is 6.10. The van der Waals surface area contributed by atoms with E-state index in [9.17, 15) is 18.9 Å². The maximum atomic E-state index is 13.8. The van der Waals surface area contributed by atoms with Crippen molar-refractivity contribution in [2.24, 2.45) is 5.73 Å². The minimum atomic E-state index is -0.974. The lowest BCUT2D eigenvalue weighted by atomic mass is 10.2. The summed E-state index contributed by atoms with van der Waals surface area (Å²) >= 11 is 5.80. The number of ether oxygens (including phenoxy) is 1. The molecular weight excluding hydrogens is 306 g/mol. The number of non-ortho nitro benzene ring substituents is 1. The van der Waals surface area contributed by atoms with Gasteiger partial charge in [-0.1, -0.05) is 11.6 Å². The van der Waals surface area contributed by atoms with Gasteiger partial charge in [0.05, 0.1) is 16.0 Å². The molecule has 2 N–H and O–H groups in total. The molecule has 5 nitrogen and oxygen atoms in total. The Morgan fingerprint density at radius 1 is 1.24 bits per heavy atom. The highest BCUT2D eigenvalue weighted by atomic mass is 35.5. The average Bonchev–Trinajstić information content (AvgIpc) is 2.44. The van der Waals surface area contributed by atoms with Crippen LogP contribution in [-0.4, -0.2) is 4.92 Å². The van der Waals surface area contributed by atoms with E-state index in [1.54, 1.807) is 0 Å². The fraction of sp³-hybridized carbons (Fsp3) is 0.0769. The van der Waals surface area contributed by atoms with E-state index in [1.807, 2.05) is 0 Å². The summed E-state index contributed by atoms with van der Waals surface area (Å²) in [5, 5.41) is 10.7. The lowest BCUT2D eigenvalue weighted by Crippen LogP contribution is -2.01. The Labute approximate surface area is 123 Å². The Morgan fingerprint density at radius 2 is 1.86 bits per heavy atom. The van der Waals surface area contributed by atoms with Crippen molar-refractivity contribution in [2.75, 3.05) is 0 Å². The van der Waals surface area contributed by atoms with E-state index in [1.165, 1.54) is 6.07 Å². The molecule has 0 atom stereocenters. The number of nitrogens with two attached hydrogens (primary N) is 1. The zero-order valence-corrected chi connectivity index (χ0v) is 11.2. The van der Waals surface area contributed by atoms with Crippen molar-refractivity contribution in [2.45, 2.75) is 6.54 Å². The molecule has 0 aliphatic rings. The summed E-state index contributed by atoms with van der Waals surface area (Å²) in [4.78, 5) is 10.0. The lowest BCUT2D eigenvalue weighted by molar-refractivity contribution is -0.384. The van der Waals surface area contributed by atoms with Gasteiger partial charge in [0, 0.05) is 12.6 Å². The zero-order valence-electron chi connectivity index (χ0n) is 10.5. The van der Waals surface area contributed by atoms with Crippen LogP contribution in [0.25, 0.3) is 0 Å². The van der Waals surface area contributed by atoms with E-state index >= 15 is 0 Å². The Balaban J connectivity index is 2.43. The standard InChI is InChI=1S/C13H9ClF2N2O3/c14-9-2-1-8(18(19)20)5-12(9)21-13-10(15)3-7(6-17)4-11(13)16/h1-5H,6,17H2. The maximum Gasteiger partial charge on any atom is 0.273 e. The second-order valence-electron chi connectivity index (χ2n) is 4.07. The van der Waals surface area contributed by atoms with Gasteiger partial charge >= 0.3 is 0 Å². The monoisotopic (exact) mass is 314 g/mol. The highest BCUT2D eigenvalue weighted by Crippen LogP contribution is 2.35. The first kappa shape index (κ1) is 15.1. The summed E-state index contributed by atoms with van der Waals surface area (Å²) in [6.45, 7) is -0.0360. The van der Waals surface area contributed by atoms with Crippen LogP contribution in [0.15, 0.2) is 30.3 Å². The number of benzene rings is 2. The van der Waals surface area contributed by atoms with Gasteiger partial charge in [-0.05, 0) is 23.8 Å². The molecule has 110 valence electrons. The molecule has 0 heterocycles. The summed E-state index contributed by atoms with van der Waals surface area (Å²) in [5.74, 6) is -2.87. The number of nitro groups is 1.